The van der Waals surface area contributed by atoms with Crippen molar-refractivity contribution in [1.29, 1.82) is 0 Å². The SMILES string of the molecule is CC(C)CNC(=O)[C@H](C)N(Cc1ccccc1)C(=O)CN(c1ccc(OCc2ccccc2)cc1)S(C)(=O)=O. The van der Waals surface area contributed by atoms with Crippen LogP contribution in [0.5, 0.6) is 5.75 Å². The number of anilines is 1. The molecule has 0 fully saturated rings. The van der Waals surface area contributed by atoms with Crippen LogP contribution in [0.1, 0.15) is 31.9 Å². The van der Waals surface area contributed by atoms with Gasteiger partial charge >= 0.3 is 0 Å². The van der Waals surface area contributed by atoms with Gasteiger partial charge in [-0.25, -0.2) is 8.42 Å². The topological polar surface area (TPSA) is 96.0 Å². The molecule has 3 aromatic rings. The Morgan fingerprint density at radius 1 is 0.846 bits per heavy atom. The van der Waals surface area contributed by atoms with Crippen molar-refractivity contribution in [2.24, 2.45) is 5.92 Å². The third-order valence-corrected chi connectivity index (χ3v) is 7.24. The van der Waals surface area contributed by atoms with E-state index >= 15 is 0 Å². The number of hydrogen-bond acceptors (Lipinski definition) is 5. The highest BCUT2D eigenvalue weighted by atomic mass is 32.2. The van der Waals surface area contributed by atoms with Crippen LogP contribution >= 0.6 is 0 Å². The first-order valence-corrected chi connectivity index (χ1v) is 14.7. The minimum atomic E-state index is -3.81. The van der Waals surface area contributed by atoms with E-state index in [9.17, 15) is 18.0 Å². The van der Waals surface area contributed by atoms with Crippen molar-refractivity contribution in [1.82, 2.24) is 10.2 Å². The van der Waals surface area contributed by atoms with E-state index in [1.54, 1.807) is 31.2 Å². The van der Waals surface area contributed by atoms with Crippen LogP contribution in [0, 0.1) is 5.92 Å². The molecular weight excluding hydrogens is 514 g/mol. The summed E-state index contributed by atoms with van der Waals surface area (Å²) in [6, 6.07) is 24.8. The van der Waals surface area contributed by atoms with Crippen LogP contribution in [0.3, 0.4) is 0 Å². The van der Waals surface area contributed by atoms with Crippen molar-refractivity contribution in [2.45, 2.75) is 40.0 Å². The summed E-state index contributed by atoms with van der Waals surface area (Å²) in [5.74, 6) is 0.0445. The van der Waals surface area contributed by atoms with Crippen LogP contribution in [0.4, 0.5) is 5.69 Å². The fourth-order valence-electron chi connectivity index (χ4n) is 3.88. The standard InChI is InChI=1S/C30H37N3O5S/c1-23(2)19-31-30(35)24(3)32(20-25-11-7-5-8-12-25)29(34)21-33(39(4,36)37)27-15-17-28(18-16-27)38-22-26-13-9-6-10-14-26/h5-18,23-24H,19-22H2,1-4H3,(H,31,35)/t24-/m0/s1. The molecule has 0 unspecified atom stereocenters. The Morgan fingerprint density at radius 3 is 1.95 bits per heavy atom. The van der Waals surface area contributed by atoms with E-state index in [0.29, 0.717) is 24.6 Å². The third-order valence-electron chi connectivity index (χ3n) is 6.10. The van der Waals surface area contributed by atoms with Gasteiger partial charge in [0.1, 0.15) is 24.9 Å². The lowest BCUT2D eigenvalue weighted by Gasteiger charge is -2.31. The Balaban J connectivity index is 1.79. The number of nitrogens with one attached hydrogen (secondary N) is 1. The maximum atomic E-state index is 13.6. The zero-order chi connectivity index (χ0) is 28.4. The van der Waals surface area contributed by atoms with Crippen molar-refractivity contribution >= 4 is 27.5 Å². The van der Waals surface area contributed by atoms with Crippen LogP contribution in [0.2, 0.25) is 0 Å². The summed E-state index contributed by atoms with van der Waals surface area (Å²) >= 11 is 0. The van der Waals surface area contributed by atoms with E-state index in [-0.39, 0.29) is 18.4 Å². The van der Waals surface area contributed by atoms with Gasteiger partial charge in [0.15, 0.2) is 0 Å². The molecule has 0 heterocycles. The Hall–Kier alpha value is -3.85. The summed E-state index contributed by atoms with van der Waals surface area (Å²) < 4.78 is 32.4. The summed E-state index contributed by atoms with van der Waals surface area (Å²) in [6.45, 7) is 6.20. The van der Waals surface area contributed by atoms with E-state index in [1.165, 1.54) is 4.90 Å². The first kappa shape index (κ1) is 29.7. The zero-order valence-corrected chi connectivity index (χ0v) is 23.7. The number of benzene rings is 3. The maximum Gasteiger partial charge on any atom is 0.244 e. The molecular formula is C30H37N3O5S. The second-order valence-electron chi connectivity index (χ2n) is 9.86. The molecule has 0 aliphatic carbocycles. The van der Waals surface area contributed by atoms with Gasteiger partial charge in [0, 0.05) is 13.1 Å². The fourth-order valence-corrected chi connectivity index (χ4v) is 4.73. The monoisotopic (exact) mass is 551 g/mol. The lowest BCUT2D eigenvalue weighted by Crippen LogP contribution is -2.51. The Labute approximate surface area is 231 Å². The molecule has 0 saturated carbocycles. The van der Waals surface area contributed by atoms with E-state index in [4.69, 9.17) is 4.74 Å². The summed E-state index contributed by atoms with van der Waals surface area (Å²) in [4.78, 5) is 27.9. The second kappa shape index (κ2) is 13.8. The molecule has 0 bridgehead atoms. The van der Waals surface area contributed by atoms with E-state index in [2.05, 4.69) is 5.32 Å². The normalized spacial score (nSPS) is 12.0. The maximum absolute atomic E-state index is 13.6. The average molecular weight is 552 g/mol. The summed E-state index contributed by atoms with van der Waals surface area (Å²) in [7, 11) is -3.81. The molecule has 0 aromatic heterocycles. The molecule has 1 atom stereocenters. The Kier molecular flexibility index (Phi) is 10.5. The van der Waals surface area contributed by atoms with Crippen molar-refractivity contribution in [2.75, 3.05) is 23.7 Å². The number of carbonyl (C=O) groups excluding carboxylic acids is 2. The molecule has 0 aliphatic heterocycles. The molecule has 0 spiro atoms. The summed E-state index contributed by atoms with van der Waals surface area (Å²) in [5.41, 5.74) is 2.17. The highest BCUT2D eigenvalue weighted by Gasteiger charge is 2.30. The molecule has 3 aromatic carbocycles. The second-order valence-corrected chi connectivity index (χ2v) is 11.8. The smallest absolute Gasteiger partial charge is 0.244 e. The van der Waals surface area contributed by atoms with Gasteiger partial charge in [-0.05, 0) is 48.2 Å². The average Bonchev–Trinajstić information content (AvgIpc) is 2.92. The van der Waals surface area contributed by atoms with Gasteiger partial charge in [0.25, 0.3) is 0 Å². The number of amides is 2. The lowest BCUT2D eigenvalue weighted by atomic mass is 10.1. The lowest BCUT2D eigenvalue weighted by molar-refractivity contribution is -0.139. The quantitative estimate of drug-likeness (QED) is 0.343. The van der Waals surface area contributed by atoms with Gasteiger partial charge in [0.2, 0.25) is 21.8 Å². The van der Waals surface area contributed by atoms with Gasteiger partial charge in [-0.15, -0.1) is 0 Å². The fraction of sp³-hybridized carbons (Fsp3) is 0.333. The molecule has 3 rings (SSSR count). The van der Waals surface area contributed by atoms with Crippen molar-refractivity contribution in [3.63, 3.8) is 0 Å². The molecule has 1 N–H and O–H groups in total. The first-order chi connectivity index (χ1) is 18.5. The molecule has 0 radical (unpaired) electrons. The van der Waals surface area contributed by atoms with Crippen molar-refractivity contribution in [3.05, 3.63) is 96.1 Å². The van der Waals surface area contributed by atoms with Gasteiger partial charge in [-0.1, -0.05) is 74.5 Å². The molecule has 9 heteroatoms. The van der Waals surface area contributed by atoms with Gasteiger partial charge in [-0.3, -0.25) is 13.9 Å². The Bertz CT molecular complexity index is 1310. The first-order valence-electron chi connectivity index (χ1n) is 12.9. The van der Waals surface area contributed by atoms with E-state index < -0.39 is 28.5 Å². The molecule has 39 heavy (non-hydrogen) atoms. The predicted molar refractivity (Wildman–Crippen MR) is 154 cm³/mol. The number of sulfonamides is 1. The number of rotatable bonds is 13. The number of carbonyl (C=O) groups is 2. The van der Waals surface area contributed by atoms with Crippen LogP contribution in [0.25, 0.3) is 0 Å². The largest absolute Gasteiger partial charge is 0.489 e. The number of hydrogen-bond donors (Lipinski definition) is 1. The van der Waals surface area contributed by atoms with Crippen LogP contribution in [0.15, 0.2) is 84.9 Å². The van der Waals surface area contributed by atoms with Crippen molar-refractivity contribution in [3.8, 4) is 5.75 Å². The highest BCUT2D eigenvalue weighted by molar-refractivity contribution is 7.92. The van der Waals surface area contributed by atoms with Crippen LogP contribution < -0.4 is 14.4 Å². The zero-order valence-electron chi connectivity index (χ0n) is 22.9. The van der Waals surface area contributed by atoms with Crippen LogP contribution in [-0.4, -0.2) is 50.5 Å². The molecule has 0 saturated heterocycles. The van der Waals surface area contributed by atoms with Gasteiger partial charge in [-0.2, -0.15) is 0 Å². The minimum absolute atomic E-state index is 0.166. The van der Waals surface area contributed by atoms with Gasteiger partial charge in [0.05, 0.1) is 11.9 Å². The van der Waals surface area contributed by atoms with Crippen LogP contribution in [-0.2, 0) is 32.8 Å². The number of ether oxygens (including phenoxy) is 1. The predicted octanol–water partition coefficient (Wildman–Crippen LogP) is 4.22. The minimum Gasteiger partial charge on any atom is -0.489 e. The van der Waals surface area contributed by atoms with E-state index in [1.807, 2.05) is 74.5 Å². The third kappa shape index (κ3) is 9.14. The molecule has 2 amide bonds. The summed E-state index contributed by atoms with van der Waals surface area (Å²) in [5, 5.41) is 2.87. The van der Waals surface area contributed by atoms with E-state index in [0.717, 1.165) is 21.7 Å². The number of nitrogens with zero attached hydrogens (tertiary/aromatic N) is 2. The molecule has 208 valence electrons. The van der Waals surface area contributed by atoms with Crippen molar-refractivity contribution < 1.29 is 22.7 Å². The summed E-state index contributed by atoms with van der Waals surface area (Å²) in [6.07, 6.45) is 1.06. The molecule has 8 nitrogen and oxygen atoms in total. The Morgan fingerprint density at radius 2 is 1.41 bits per heavy atom. The molecule has 0 aliphatic rings. The van der Waals surface area contributed by atoms with Gasteiger partial charge < -0.3 is 15.0 Å². The highest BCUT2D eigenvalue weighted by Crippen LogP contribution is 2.23.